The summed E-state index contributed by atoms with van der Waals surface area (Å²) in [6, 6.07) is 0. The third-order valence-electron chi connectivity index (χ3n) is 2.20. The van der Waals surface area contributed by atoms with E-state index in [1.807, 2.05) is 0 Å². The Morgan fingerprint density at radius 1 is 1.57 bits per heavy atom. The summed E-state index contributed by atoms with van der Waals surface area (Å²) in [5, 5.41) is 4.29. The number of rotatable bonds is 0. The highest BCUT2D eigenvalue weighted by Crippen LogP contribution is 2.28. The summed E-state index contributed by atoms with van der Waals surface area (Å²) in [5.41, 5.74) is 1.93. The lowest BCUT2D eigenvalue weighted by atomic mass is 10.2. The van der Waals surface area contributed by atoms with E-state index < -0.39 is 0 Å². The minimum atomic E-state index is -0.332. The number of hydrogen-bond donors (Lipinski definition) is 0. The molecule has 5 nitrogen and oxygen atoms in total. The summed E-state index contributed by atoms with van der Waals surface area (Å²) in [6.45, 7) is 0.248. The van der Waals surface area contributed by atoms with Crippen LogP contribution in [0.4, 0.5) is 0 Å². The van der Waals surface area contributed by atoms with Crippen molar-refractivity contribution in [3.63, 3.8) is 0 Å². The number of halogens is 1. The fourth-order valence-electron chi connectivity index (χ4n) is 1.57. The quantitative estimate of drug-likeness (QED) is 0.609. The first-order valence-corrected chi connectivity index (χ1v) is 4.33. The van der Waals surface area contributed by atoms with Gasteiger partial charge in [0, 0.05) is 11.8 Å². The Balaban J connectivity index is 2.47. The van der Waals surface area contributed by atoms with E-state index in [1.54, 1.807) is 10.7 Å². The zero-order chi connectivity index (χ0) is 9.71. The van der Waals surface area contributed by atoms with Crippen molar-refractivity contribution in [3.8, 4) is 0 Å². The van der Waals surface area contributed by atoms with E-state index >= 15 is 0 Å². The van der Waals surface area contributed by atoms with Crippen molar-refractivity contribution in [3.05, 3.63) is 28.8 Å². The smallest absolute Gasteiger partial charge is 0.340 e. The van der Waals surface area contributed by atoms with E-state index in [1.165, 1.54) is 6.33 Å². The van der Waals surface area contributed by atoms with Gasteiger partial charge in [-0.2, -0.15) is 5.10 Å². The fourth-order valence-corrected chi connectivity index (χ4v) is 1.82. The predicted octanol–water partition coefficient (Wildman–Crippen LogP) is 1.05. The van der Waals surface area contributed by atoms with Crippen LogP contribution in [0.25, 0.3) is 5.52 Å². The van der Waals surface area contributed by atoms with Crippen molar-refractivity contribution in [1.82, 2.24) is 14.6 Å². The summed E-state index contributed by atoms with van der Waals surface area (Å²) in [4.78, 5) is 15.1. The molecular weight excluding hydrogens is 206 g/mol. The van der Waals surface area contributed by atoms with Crippen LogP contribution >= 0.6 is 11.6 Å². The second kappa shape index (κ2) is 2.45. The van der Waals surface area contributed by atoms with E-state index in [0.717, 1.165) is 5.56 Å². The van der Waals surface area contributed by atoms with Gasteiger partial charge in [0.15, 0.2) is 5.15 Å². The Morgan fingerprint density at radius 3 is 3.29 bits per heavy atom. The van der Waals surface area contributed by atoms with Gasteiger partial charge in [-0.15, -0.1) is 0 Å². The molecule has 2 aromatic heterocycles. The zero-order valence-electron chi connectivity index (χ0n) is 6.90. The van der Waals surface area contributed by atoms with Crippen LogP contribution < -0.4 is 0 Å². The van der Waals surface area contributed by atoms with Gasteiger partial charge in [0.05, 0.1) is 5.56 Å². The van der Waals surface area contributed by atoms with Crippen molar-refractivity contribution >= 4 is 23.1 Å². The molecule has 0 N–H and O–H groups in total. The molecule has 0 spiro atoms. The molecule has 0 unspecified atom stereocenters. The molecule has 2 aromatic rings. The van der Waals surface area contributed by atoms with Crippen LogP contribution in [0.15, 0.2) is 12.5 Å². The minimum absolute atomic E-state index is 0.248. The first-order valence-electron chi connectivity index (χ1n) is 3.95. The van der Waals surface area contributed by atoms with E-state index in [2.05, 4.69) is 10.1 Å². The maximum atomic E-state index is 11.2. The largest absolute Gasteiger partial charge is 0.457 e. The lowest BCUT2D eigenvalue weighted by Gasteiger charge is -1.97. The number of fused-ring (bicyclic) bond motifs is 3. The third-order valence-corrected chi connectivity index (χ3v) is 2.48. The van der Waals surface area contributed by atoms with Gasteiger partial charge in [-0.3, -0.25) is 0 Å². The first-order chi connectivity index (χ1) is 6.77. The molecule has 0 saturated heterocycles. The van der Waals surface area contributed by atoms with Crippen LogP contribution in [-0.2, 0) is 11.3 Å². The molecule has 0 fully saturated rings. The maximum absolute atomic E-state index is 11.2. The van der Waals surface area contributed by atoms with Crippen LogP contribution in [0.2, 0.25) is 5.15 Å². The summed E-state index contributed by atoms with van der Waals surface area (Å²) in [5.74, 6) is -0.332. The minimum Gasteiger partial charge on any atom is -0.457 e. The molecule has 0 aromatic carbocycles. The van der Waals surface area contributed by atoms with Gasteiger partial charge in [0.1, 0.15) is 18.5 Å². The van der Waals surface area contributed by atoms with Crippen LogP contribution in [0.3, 0.4) is 0 Å². The summed E-state index contributed by atoms with van der Waals surface area (Å²) in [7, 11) is 0. The molecule has 70 valence electrons. The van der Waals surface area contributed by atoms with E-state index in [0.29, 0.717) is 16.2 Å². The number of carbonyl (C=O) groups is 1. The Hall–Kier alpha value is -1.62. The van der Waals surface area contributed by atoms with Gasteiger partial charge in [-0.25, -0.2) is 14.3 Å². The van der Waals surface area contributed by atoms with Gasteiger partial charge < -0.3 is 4.74 Å². The number of esters is 1. The second-order valence-corrected chi connectivity index (χ2v) is 3.30. The highest BCUT2D eigenvalue weighted by Gasteiger charge is 2.27. The molecule has 6 heteroatoms. The summed E-state index contributed by atoms with van der Waals surface area (Å²) >= 11 is 5.89. The number of ether oxygens (including phenoxy) is 1. The molecule has 3 heterocycles. The molecule has 3 rings (SSSR count). The highest BCUT2D eigenvalue weighted by molar-refractivity contribution is 6.33. The molecule has 14 heavy (non-hydrogen) atoms. The Morgan fingerprint density at radius 2 is 2.43 bits per heavy atom. The molecule has 1 aliphatic rings. The number of nitrogens with zero attached hydrogens (tertiary/aromatic N) is 3. The van der Waals surface area contributed by atoms with Crippen molar-refractivity contribution in [2.75, 3.05) is 0 Å². The van der Waals surface area contributed by atoms with Gasteiger partial charge in [-0.05, 0) is 0 Å². The zero-order valence-corrected chi connectivity index (χ0v) is 7.65. The molecule has 0 radical (unpaired) electrons. The lowest BCUT2D eigenvalue weighted by Crippen LogP contribution is -1.96. The van der Waals surface area contributed by atoms with Crippen molar-refractivity contribution < 1.29 is 9.53 Å². The standard InChI is InChI=1S/C8H4ClN3O2/c9-7-6-5-2-14-8(13)4(5)1-12(6)11-3-10-7/h1,3H,2H2. The van der Waals surface area contributed by atoms with Crippen molar-refractivity contribution in [1.29, 1.82) is 0 Å². The lowest BCUT2D eigenvalue weighted by molar-refractivity contribution is 0.0534. The van der Waals surface area contributed by atoms with Crippen LogP contribution in [-0.4, -0.2) is 20.6 Å². The number of cyclic esters (lactones) is 1. The number of hydrogen-bond acceptors (Lipinski definition) is 4. The van der Waals surface area contributed by atoms with Crippen LogP contribution in [0, 0.1) is 0 Å². The van der Waals surface area contributed by atoms with Crippen molar-refractivity contribution in [2.24, 2.45) is 0 Å². The van der Waals surface area contributed by atoms with Crippen LogP contribution in [0.5, 0.6) is 0 Å². The fraction of sp³-hybridized carbons (Fsp3) is 0.125. The first kappa shape index (κ1) is 7.75. The van der Waals surface area contributed by atoms with Crippen LogP contribution in [0.1, 0.15) is 15.9 Å². The van der Waals surface area contributed by atoms with Gasteiger partial charge in [0.2, 0.25) is 0 Å². The molecular formula is C8H4ClN3O2. The number of aromatic nitrogens is 3. The Labute approximate surface area is 83.3 Å². The topological polar surface area (TPSA) is 56.5 Å². The van der Waals surface area contributed by atoms with E-state index in [-0.39, 0.29) is 12.6 Å². The van der Waals surface area contributed by atoms with Crippen molar-refractivity contribution in [2.45, 2.75) is 6.61 Å². The average molecular weight is 210 g/mol. The third kappa shape index (κ3) is 0.820. The monoisotopic (exact) mass is 209 g/mol. The Kier molecular flexibility index (Phi) is 1.36. The number of carbonyl (C=O) groups excluding carboxylic acids is 1. The molecule has 0 atom stereocenters. The molecule has 0 saturated carbocycles. The summed E-state index contributed by atoms with van der Waals surface area (Å²) < 4.78 is 6.40. The average Bonchev–Trinajstić information content (AvgIpc) is 2.68. The van der Waals surface area contributed by atoms with Gasteiger partial charge in [-0.1, -0.05) is 11.6 Å². The molecule has 0 aliphatic carbocycles. The SMILES string of the molecule is O=C1OCc2c1cn1ncnc(Cl)c21. The molecule has 0 amide bonds. The van der Waals surface area contributed by atoms with Gasteiger partial charge >= 0.3 is 5.97 Å². The Bertz CT molecular complexity index is 549. The predicted molar refractivity (Wildman–Crippen MR) is 47.1 cm³/mol. The van der Waals surface area contributed by atoms with E-state index in [9.17, 15) is 4.79 Å². The van der Waals surface area contributed by atoms with Gasteiger partial charge in [0.25, 0.3) is 0 Å². The van der Waals surface area contributed by atoms with E-state index in [4.69, 9.17) is 16.3 Å². The molecule has 1 aliphatic heterocycles. The normalized spacial score (nSPS) is 14.5. The molecule has 0 bridgehead atoms. The summed E-state index contributed by atoms with van der Waals surface area (Å²) in [6.07, 6.45) is 2.95. The second-order valence-electron chi connectivity index (χ2n) is 2.94. The highest BCUT2D eigenvalue weighted by atomic mass is 35.5. The maximum Gasteiger partial charge on any atom is 0.340 e.